The standard InChI is InChI=1S/C13H17N3O3/c1-9-8-19-6-5-15(9)11-7-12(18)16-4-2-3-10(17)13(16)14-11/h2-4,7,9,13-14,17H,5-6,8H2,1H3/t9-,13?/m1/s1. The summed E-state index contributed by atoms with van der Waals surface area (Å²) in [4.78, 5) is 15.7. The third kappa shape index (κ3) is 2.08. The van der Waals surface area contributed by atoms with Crippen LogP contribution in [0.3, 0.4) is 0 Å². The van der Waals surface area contributed by atoms with Gasteiger partial charge in [-0.1, -0.05) is 0 Å². The van der Waals surface area contributed by atoms with Crippen LogP contribution in [0.1, 0.15) is 6.92 Å². The van der Waals surface area contributed by atoms with Gasteiger partial charge in [-0.25, -0.2) is 0 Å². The molecule has 0 radical (unpaired) electrons. The highest BCUT2D eigenvalue weighted by atomic mass is 16.5. The van der Waals surface area contributed by atoms with Gasteiger partial charge in [-0.15, -0.1) is 0 Å². The van der Waals surface area contributed by atoms with Crippen LogP contribution < -0.4 is 5.32 Å². The fraction of sp³-hybridized carbons (Fsp3) is 0.462. The highest BCUT2D eigenvalue weighted by Crippen LogP contribution is 2.22. The quantitative estimate of drug-likeness (QED) is 0.711. The number of fused-ring (bicyclic) bond motifs is 1. The fourth-order valence-corrected chi connectivity index (χ4v) is 2.52. The largest absolute Gasteiger partial charge is 0.508 e. The summed E-state index contributed by atoms with van der Waals surface area (Å²) in [6.45, 7) is 4.08. The Balaban J connectivity index is 1.86. The minimum absolute atomic E-state index is 0.131. The minimum Gasteiger partial charge on any atom is -0.508 e. The summed E-state index contributed by atoms with van der Waals surface area (Å²) < 4.78 is 5.39. The first kappa shape index (κ1) is 12.1. The van der Waals surface area contributed by atoms with Gasteiger partial charge in [0.1, 0.15) is 11.6 Å². The van der Waals surface area contributed by atoms with Crippen LogP contribution in [0.25, 0.3) is 0 Å². The van der Waals surface area contributed by atoms with E-state index in [1.807, 2.05) is 0 Å². The van der Waals surface area contributed by atoms with Crippen molar-refractivity contribution in [2.75, 3.05) is 19.8 Å². The van der Waals surface area contributed by atoms with Gasteiger partial charge in [0.05, 0.1) is 19.3 Å². The number of nitrogens with zero attached hydrogens (tertiary/aromatic N) is 2. The van der Waals surface area contributed by atoms with Crippen molar-refractivity contribution >= 4 is 5.91 Å². The van der Waals surface area contributed by atoms with Crippen molar-refractivity contribution in [2.24, 2.45) is 0 Å². The van der Waals surface area contributed by atoms with Crippen molar-refractivity contribution in [3.05, 3.63) is 36.0 Å². The Morgan fingerprint density at radius 1 is 1.53 bits per heavy atom. The van der Waals surface area contributed by atoms with Gasteiger partial charge in [-0.3, -0.25) is 9.69 Å². The summed E-state index contributed by atoms with van der Waals surface area (Å²) in [5, 5.41) is 13.1. The lowest BCUT2D eigenvalue weighted by Gasteiger charge is -2.42. The molecular formula is C13H17N3O3. The molecule has 1 saturated heterocycles. The number of carbonyl (C=O) groups excluding carboxylic acids is 1. The molecule has 1 fully saturated rings. The summed E-state index contributed by atoms with van der Waals surface area (Å²) in [7, 11) is 0. The summed E-state index contributed by atoms with van der Waals surface area (Å²) in [6, 6.07) is 0.206. The van der Waals surface area contributed by atoms with Crippen LogP contribution in [0, 0.1) is 0 Å². The number of hydrogen-bond donors (Lipinski definition) is 2. The predicted molar refractivity (Wildman–Crippen MR) is 68.7 cm³/mol. The molecule has 2 N–H and O–H groups in total. The topological polar surface area (TPSA) is 65.0 Å². The molecule has 3 aliphatic heterocycles. The first-order chi connectivity index (χ1) is 9.16. The monoisotopic (exact) mass is 263 g/mol. The van der Waals surface area contributed by atoms with E-state index in [0.717, 1.165) is 12.4 Å². The number of carbonyl (C=O) groups is 1. The van der Waals surface area contributed by atoms with Crippen LogP contribution in [-0.2, 0) is 9.53 Å². The molecule has 3 aliphatic rings. The highest BCUT2D eigenvalue weighted by molar-refractivity contribution is 5.90. The normalized spacial score (nSPS) is 30.5. The van der Waals surface area contributed by atoms with Crippen LogP contribution in [0.5, 0.6) is 0 Å². The Labute approximate surface area is 111 Å². The zero-order chi connectivity index (χ0) is 13.4. The molecule has 6 heteroatoms. The van der Waals surface area contributed by atoms with E-state index >= 15 is 0 Å². The first-order valence-corrected chi connectivity index (χ1v) is 6.39. The minimum atomic E-state index is -0.507. The van der Waals surface area contributed by atoms with Gasteiger partial charge < -0.3 is 20.1 Å². The van der Waals surface area contributed by atoms with Crippen molar-refractivity contribution in [3.8, 4) is 0 Å². The Kier molecular flexibility index (Phi) is 2.94. The lowest BCUT2D eigenvalue weighted by molar-refractivity contribution is -0.127. The molecule has 0 bridgehead atoms. The van der Waals surface area contributed by atoms with Gasteiger partial charge >= 0.3 is 0 Å². The van der Waals surface area contributed by atoms with E-state index in [2.05, 4.69) is 17.1 Å². The van der Waals surface area contributed by atoms with E-state index in [-0.39, 0.29) is 17.7 Å². The molecule has 0 aromatic rings. The van der Waals surface area contributed by atoms with Crippen LogP contribution in [0.4, 0.5) is 0 Å². The Bertz CT molecular complexity index is 484. The van der Waals surface area contributed by atoms with Gasteiger partial charge in [0, 0.05) is 18.8 Å². The molecule has 0 aromatic carbocycles. The lowest BCUT2D eigenvalue weighted by atomic mass is 10.2. The Hall–Kier alpha value is -1.95. The number of nitrogens with one attached hydrogen (secondary N) is 1. The Morgan fingerprint density at radius 3 is 3.16 bits per heavy atom. The van der Waals surface area contributed by atoms with Crippen LogP contribution in [-0.4, -0.2) is 52.8 Å². The van der Waals surface area contributed by atoms with Crippen molar-refractivity contribution < 1.29 is 14.6 Å². The summed E-state index contributed by atoms with van der Waals surface area (Å²) >= 11 is 0. The van der Waals surface area contributed by atoms with E-state index in [1.165, 1.54) is 4.90 Å². The summed E-state index contributed by atoms with van der Waals surface area (Å²) in [5.74, 6) is 0.757. The maximum Gasteiger partial charge on any atom is 0.256 e. The molecule has 0 aliphatic carbocycles. The van der Waals surface area contributed by atoms with Crippen LogP contribution in [0.2, 0.25) is 0 Å². The average Bonchev–Trinajstić information content (AvgIpc) is 2.40. The average molecular weight is 263 g/mol. The van der Waals surface area contributed by atoms with E-state index in [4.69, 9.17) is 4.74 Å². The summed E-state index contributed by atoms with van der Waals surface area (Å²) in [6.07, 6.45) is 5.97. The molecule has 3 rings (SSSR count). The molecule has 1 amide bonds. The van der Waals surface area contributed by atoms with Crippen molar-refractivity contribution in [1.29, 1.82) is 0 Å². The number of rotatable bonds is 1. The molecule has 3 heterocycles. The van der Waals surface area contributed by atoms with Gasteiger partial charge in [0.2, 0.25) is 0 Å². The number of aliphatic hydroxyl groups is 1. The molecule has 102 valence electrons. The second kappa shape index (κ2) is 4.62. The van der Waals surface area contributed by atoms with Gasteiger partial charge in [-0.2, -0.15) is 0 Å². The fourth-order valence-electron chi connectivity index (χ4n) is 2.52. The van der Waals surface area contributed by atoms with Gasteiger partial charge in [0.15, 0.2) is 6.17 Å². The second-order valence-corrected chi connectivity index (χ2v) is 4.87. The van der Waals surface area contributed by atoms with Gasteiger partial charge in [-0.05, 0) is 19.1 Å². The van der Waals surface area contributed by atoms with Crippen LogP contribution >= 0.6 is 0 Å². The first-order valence-electron chi connectivity index (χ1n) is 6.39. The third-order valence-corrected chi connectivity index (χ3v) is 3.55. The SMILES string of the molecule is C[C@@H]1COCCN1C1=CC(=O)N2C=CC=C(O)C2N1. The van der Waals surface area contributed by atoms with E-state index in [1.54, 1.807) is 24.4 Å². The van der Waals surface area contributed by atoms with E-state index in [0.29, 0.717) is 13.2 Å². The molecule has 1 unspecified atom stereocenters. The number of hydrogen-bond acceptors (Lipinski definition) is 5. The highest BCUT2D eigenvalue weighted by Gasteiger charge is 2.34. The smallest absolute Gasteiger partial charge is 0.256 e. The number of ether oxygens (including phenoxy) is 1. The lowest BCUT2D eigenvalue weighted by Crippen LogP contribution is -2.56. The zero-order valence-corrected chi connectivity index (χ0v) is 10.7. The molecule has 0 spiro atoms. The molecule has 6 nitrogen and oxygen atoms in total. The van der Waals surface area contributed by atoms with Crippen molar-refractivity contribution in [1.82, 2.24) is 15.1 Å². The number of allylic oxidation sites excluding steroid dienone is 2. The zero-order valence-electron chi connectivity index (χ0n) is 10.7. The third-order valence-electron chi connectivity index (χ3n) is 3.55. The maximum absolute atomic E-state index is 12.1. The Morgan fingerprint density at radius 2 is 2.37 bits per heavy atom. The molecule has 0 aromatic heterocycles. The second-order valence-electron chi connectivity index (χ2n) is 4.87. The summed E-state index contributed by atoms with van der Waals surface area (Å²) in [5.41, 5.74) is 0. The molecule has 0 saturated carbocycles. The molecule has 19 heavy (non-hydrogen) atoms. The van der Waals surface area contributed by atoms with Crippen molar-refractivity contribution in [3.63, 3.8) is 0 Å². The predicted octanol–water partition coefficient (Wildman–Crippen LogP) is 0.276. The molecular weight excluding hydrogens is 246 g/mol. The number of amides is 1. The number of aliphatic hydroxyl groups excluding tert-OH is 1. The number of morpholine rings is 1. The van der Waals surface area contributed by atoms with Gasteiger partial charge in [0.25, 0.3) is 5.91 Å². The van der Waals surface area contributed by atoms with E-state index < -0.39 is 6.17 Å². The molecule has 2 atom stereocenters. The van der Waals surface area contributed by atoms with Crippen LogP contribution in [0.15, 0.2) is 36.0 Å². The van der Waals surface area contributed by atoms with E-state index in [9.17, 15) is 9.90 Å². The van der Waals surface area contributed by atoms with Crippen molar-refractivity contribution in [2.45, 2.75) is 19.1 Å². The maximum atomic E-state index is 12.1.